The summed E-state index contributed by atoms with van der Waals surface area (Å²) in [5, 5.41) is 3.40. The molecule has 0 saturated carbocycles. The van der Waals surface area contributed by atoms with Crippen molar-refractivity contribution in [1.82, 2.24) is 4.31 Å². The van der Waals surface area contributed by atoms with E-state index in [2.05, 4.69) is 5.32 Å². The molecule has 3 rings (SSSR count). The lowest BCUT2D eigenvalue weighted by molar-refractivity contribution is -0.117. The summed E-state index contributed by atoms with van der Waals surface area (Å²) >= 11 is 5.88. The molecule has 2 aromatic rings. The summed E-state index contributed by atoms with van der Waals surface area (Å²) < 4.78 is 27.7. The quantitative estimate of drug-likeness (QED) is 0.772. The van der Waals surface area contributed by atoms with Crippen LogP contribution < -0.4 is 5.32 Å². The third-order valence-corrected chi connectivity index (χ3v) is 7.14. The number of amides is 1. The van der Waals surface area contributed by atoms with Crippen molar-refractivity contribution in [1.29, 1.82) is 0 Å². The van der Waals surface area contributed by atoms with E-state index in [0.717, 1.165) is 29.7 Å². The summed E-state index contributed by atoms with van der Waals surface area (Å²) in [6.07, 6.45) is 2.52. The fourth-order valence-corrected chi connectivity index (χ4v) is 5.53. The molecule has 0 spiro atoms. The summed E-state index contributed by atoms with van der Waals surface area (Å²) in [5.74, 6) is -0.173. The zero-order chi connectivity index (χ0) is 20.3. The van der Waals surface area contributed by atoms with Gasteiger partial charge < -0.3 is 5.32 Å². The Morgan fingerprint density at radius 3 is 2.39 bits per heavy atom. The molecule has 1 atom stereocenters. The lowest BCUT2D eigenvalue weighted by Crippen LogP contribution is -2.45. The smallest absolute Gasteiger partial charge is 0.243 e. The molecular formula is C21H25ClN2O3S. The van der Waals surface area contributed by atoms with Gasteiger partial charge in [-0.2, -0.15) is 4.31 Å². The van der Waals surface area contributed by atoms with E-state index in [0.29, 0.717) is 18.0 Å². The number of sulfonamides is 1. The van der Waals surface area contributed by atoms with E-state index in [-0.39, 0.29) is 23.3 Å². The van der Waals surface area contributed by atoms with Crippen LogP contribution in [0.1, 0.15) is 36.8 Å². The van der Waals surface area contributed by atoms with Gasteiger partial charge in [0, 0.05) is 29.7 Å². The topological polar surface area (TPSA) is 66.5 Å². The number of benzene rings is 2. The number of halogens is 1. The van der Waals surface area contributed by atoms with E-state index >= 15 is 0 Å². The van der Waals surface area contributed by atoms with Crippen LogP contribution in [0.3, 0.4) is 0 Å². The monoisotopic (exact) mass is 420 g/mol. The third kappa shape index (κ3) is 4.93. The molecule has 150 valence electrons. The van der Waals surface area contributed by atoms with Gasteiger partial charge in [0.2, 0.25) is 15.9 Å². The SMILES string of the molecule is Cc1cc(C)cc(NC(=O)C[C@H]2CCCCN2S(=O)(=O)c2ccc(Cl)cc2)c1. The summed E-state index contributed by atoms with van der Waals surface area (Å²) in [6.45, 7) is 4.38. The predicted octanol–water partition coefficient (Wildman–Crippen LogP) is 4.53. The number of nitrogens with zero attached hydrogens (tertiary/aromatic N) is 1. The number of aryl methyl sites for hydroxylation is 2. The first-order chi connectivity index (χ1) is 13.3. The van der Waals surface area contributed by atoms with Crippen LogP contribution >= 0.6 is 11.6 Å². The molecule has 1 saturated heterocycles. The second-order valence-electron chi connectivity index (χ2n) is 7.35. The normalized spacial score (nSPS) is 18.0. The van der Waals surface area contributed by atoms with Crippen LogP contribution in [0.15, 0.2) is 47.4 Å². The molecule has 0 aliphatic carbocycles. The molecule has 1 aliphatic rings. The summed E-state index contributed by atoms with van der Waals surface area (Å²) in [4.78, 5) is 12.8. The molecule has 7 heteroatoms. The van der Waals surface area contributed by atoms with Gasteiger partial charge in [-0.15, -0.1) is 0 Å². The molecule has 28 heavy (non-hydrogen) atoms. The first-order valence-corrected chi connectivity index (χ1v) is 11.2. The first-order valence-electron chi connectivity index (χ1n) is 9.41. The number of rotatable bonds is 5. The van der Waals surface area contributed by atoms with Crippen LogP contribution in [-0.2, 0) is 14.8 Å². The number of hydrogen-bond donors (Lipinski definition) is 1. The Balaban J connectivity index is 1.75. The molecular weight excluding hydrogens is 396 g/mol. The number of anilines is 1. The molecule has 1 fully saturated rings. The molecule has 0 radical (unpaired) electrons. The minimum Gasteiger partial charge on any atom is -0.326 e. The first kappa shape index (κ1) is 20.8. The maximum Gasteiger partial charge on any atom is 0.243 e. The van der Waals surface area contributed by atoms with Crippen molar-refractivity contribution in [2.24, 2.45) is 0 Å². The van der Waals surface area contributed by atoms with Gasteiger partial charge in [-0.3, -0.25) is 4.79 Å². The van der Waals surface area contributed by atoms with E-state index in [1.807, 2.05) is 32.0 Å². The Hall–Kier alpha value is -1.89. The van der Waals surface area contributed by atoms with Gasteiger partial charge in [-0.25, -0.2) is 8.42 Å². The van der Waals surface area contributed by atoms with E-state index < -0.39 is 10.0 Å². The van der Waals surface area contributed by atoms with Gasteiger partial charge in [0.1, 0.15) is 0 Å². The second kappa shape index (κ2) is 8.64. The van der Waals surface area contributed by atoms with Gasteiger partial charge in [-0.05, 0) is 74.2 Å². The fraction of sp³-hybridized carbons (Fsp3) is 0.381. The molecule has 1 aliphatic heterocycles. The van der Waals surface area contributed by atoms with Crippen molar-refractivity contribution in [3.8, 4) is 0 Å². The number of carbonyl (C=O) groups is 1. The van der Waals surface area contributed by atoms with Gasteiger partial charge in [0.05, 0.1) is 4.90 Å². The summed E-state index contributed by atoms with van der Waals surface area (Å²) in [6, 6.07) is 11.7. The lowest BCUT2D eigenvalue weighted by Gasteiger charge is -2.34. The maximum atomic E-state index is 13.1. The molecule has 5 nitrogen and oxygen atoms in total. The maximum absolute atomic E-state index is 13.1. The van der Waals surface area contributed by atoms with Crippen molar-refractivity contribution >= 4 is 33.2 Å². The van der Waals surface area contributed by atoms with E-state index in [1.54, 1.807) is 12.1 Å². The van der Waals surface area contributed by atoms with E-state index in [9.17, 15) is 13.2 Å². The van der Waals surface area contributed by atoms with Crippen LogP contribution in [-0.4, -0.2) is 31.2 Å². The average Bonchev–Trinajstić information content (AvgIpc) is 2.61. The Kier molecular flexibility index (Phi) is 6.43. The Morgan fingerprint density at radius 1 is 1.11 bits per heavy atom. The van der Waals surface area contributed by atoms with Gasteiger partial charge in [-0.1, -0.05) is 24.1 Å². The highest BCUT2D eigenvalue weighted by Gasteiger charge is 2.34. The minimum atomic E-state index is -3.67. The van der Waals surface area contributed by atoms with Crippen LogP contribution in [0.25, 0.3) is 0 Å². The highest BCUT2D eigenvalue weighted by Crippen LogP contribution is 2.28. The Labute approximate surface area is 171 Å². The summed E-state index contributed by atoms with van der Waals surface area (Å²) in [5.41, 5.74) is 2.88. The standard InChI is InChI=1S/C21H25ClN2O3S/c1-15-11-16(2)13-18(12-15)23-21(25)14-19-5-3-4-10-24(19)28(26,27)20-8-6-17(22)7-9-20/h6-9,11-13,19H,3-5,10,14H2,1-2H3,(H,23,25)/t19-/m1/s1. The number of carbonyl (C=O) groups excluding carboxylic acids is 1. The minimum absolute atomic E-state index is 0.139. The van der Waals surface area contributed by atoms with Crippen molar-refractivity contribution in [2.45, 2.75) is 50.5 Å². The van der Waals surface area contributed by atoms with Crippen molar-refractivity contribution in [3.63, 3.8) is 0 Å². The van der Waals surface area contributed by atoms with E-state index in [4.69, 9.17) is 11.6 Å². The van der Waals surface area contributed by atoms with Crippen molar-refractivity contribution in [2.75, 3.05) is 11.9 Å². The number of hydrogen-bond acceptors (Lipinski definition) is 3. The highest BCUT2D eigenvalue weighted by atomic mass is 35.5. The molecule has 1 amide bonds. The molecule has 1 N–H and O–H groups in total. The van der Waals surface area contributed by atoms with Crippen molar-refractivity contribution in [3.05, 3.63) is 58.6 Å². The lowest BCUT2D eigenvalue weighted by atomic mass is 10.0. The summed E-state index contributed by atoms with van der Waals surface area (Å²) in [7, 11) is -3.67. The Bertz CT molecular complexity index is 938. The van der Waals surface area contributed by atoms with E-state index in [1.165, 1.54) is 16.4 Å². The second-order valence-corrected chi connectivity index (χ2v) is 9.67. The molecule has 0 unspecified atom stereocenters. The van der Waals surface area contributed by atoms with Crippen LogP contribution in [0, 0.1) is 13.8 Å². The van der Waals surface area contributed by atoms with Crippen LogP contribution in [0.2, 0.25) is 5.02 Å². The molecule has 0 bridgehead atoms. The average molecular weight is 421 g/mol. The van der Waals surface area contributed by atoms with Crippen LogP contribution in [0.5, 0.6) is 0 Å². The number of piperidine rings is 1. The molecule has 2 aromatic carbocycles. The zero-order valence-corrected chi connectivity index (χ0v) is 17.7. The molecule has 1 heterocycles. The predicted molar refractivity (Wildman–Crippen MR) is 112 cm³/mol. The van der Waals surface area contributed by atoms with Crippen LogP contribution in [0.4, 0.5) is 5.69 Å². The number of nitrogens with one attached hydrogen (secondary N) is 1. The Morgan fingerprint density at radius 2 is 1.75 bits per heavy atom. The fourth-order valence-electron chi connectivity index (χ4n) is 3.71. The van der Waals surface area contributed by atoms with Crippen molar-refractivity contribution < 1.29 is 13.2 Å². The van der Waals surface area contributed by atoms with Gasteiger partial charge in [0.25, 0.3) is 0 Å². The third-order valence-electron chi connectivity index (χ3n) is 4.92. The zero-order valence-electron chi connectivity index (χ0n) is 16.1. The van der Waals surface area contributed by atoms with Gasteiger partial charge >= 0.3 is 0 Å². The molecule has 0 aromatic heterocycles. The van der Waals surface area contributed by atoms with Gasteiger partial charge in [0.15, 0.2) is 0 Å². The largest absolute Gasteiger partial charge is 0.326 e. The highest BCUT2D eigenvalue weighted by molar-refractivity contribution is 7.89.